The molecular formula is C65H52N4OPt-2. The number of pyridine rings is 1. The number of hydrogen-bond donors (Lipinski definition) is 0. The zero-order valence-corrected chi connectivity index (χ0v) is 42.2. The van der Waals surface area contributed by atoms with E-state index in [1.54, 1.807) is 12.5 Å². The fourth-order valence-corrected chi connectivity index (χ4v) is 9.50. The van der Waals surface area contributed by atoms with Gasteiger partial charge in [0.15, 0.2) is 11.4 Å². The smallest absolute Gasteiger partial charge is 0.268 e. The van der Waals surface area contributed by atoms with Crippen LogP contribution in [0.4, 0.5) is 0 Å². The number of nitrogens with zero attached hydrogens (tertiary/aromatic N) is 4. The van der Waals surface area contributed by atoms with Crippen LogP contribution in [0.15, 0.2) is 199 Å². The maximum atomic E-state index is 9.47. The first kappa shape index (κ1) is 35.5. The summed E-state index contributed by atoms with van der Waals surface area (Å²) in [5.74, 6) is 0.673. The van der Waals surface area contributed by atoms with Gasteiger partial charge < -0.3 is 13.6 Å². The van der Waals surface area contributed by atoms with Gasteiger partial charge in [0.05, 0.1) is 36.7 Å². The normalized spacial score (nSPS) is 14.0. The van der Waals surface area contributed by atoms with Crippen molar-refractivity contribution in [2.45, 2.75) is 58.8 Å². The van der Waals surface area contributed by atoms with Crippen LogP contribution in [0, 0.1) is 18.5 Å². The van der Waals surface area contributed by atoms with E-state index in [1.165, 1.54) is 0 Å². The fourth-order valence-electron chi connectivity index (χ4n) is 9.50. The number of hydrogen-bond acceptors (Lipinski definition) is 2. The van der Waals surface area contributed by atoms with Gasteiger partial charge in [-0.1, -0.05) is 174 Å². The van der Waals surface area contributed by atoms with Crippen molar-refractivity contribution in [1.29, 1.82) is 0 Å². The predicted octanol–water partition coefficient (Wildman–Crippen LogP) is 15.7. The van der Waals surface area contributed by atoms with Gasteiger partial charge in [-0.3, -0.25) is 4.57 Å². The van der Waals surface area contributed by atoms with Crippen LogP contribution in [0.25, 0.3) is 94.4 Å². The summed E-state index contributed by atoms with van der Waals surface area (Å²) in [6.07, 6.45) is 7.61. The first-order valence-corrected chi connectivity index (χ1v) is 23.3. The van der Waals surface area contributed by atoms with Crippen molar-refractivity contribution in [2.75, 3.05) is 0 Å². The number of furan rings is 1. The monoisotopic (exact) mass is 1110 g/mol. The third kappa shape index (κ3) is 8.32. The molecule has 0 aliphatic rings. The average molecular weight is 1110 g/mol. The molecule has 350 valence electrons. The van der Waals surface area contributed by atoms with Gasteiger partial charge in [-0.2, -0.15) is 53.6 Å². The fraction of sp³-hybridized carbons (Fsp3) is 0.138. The van der Waals surface area contributed by atoms with Gasteiger partial charge in [-0.15, -0.1) is 5.39 Å². The Balaban J connectivity index is 0.00000690. The Hall–Kier alpha value is -7.59. The Kier molecular flexibility index (Phi) is 8.99. The van der Waals surface area contributed by atoms with Crippen LogP contribution in [0.5, 0.6) is 0 Å². The molecular weight excluding hydrogens is 1050 g/mol. The number of para-hydroxylation sites is 3. The van der Waals surface area contributed by atoms with E-state index in [4.69, 9.17) is 20.4 Å². The predicted molar refractivity (Wildman–Crippen MR) is 286 cm³/mol. The third-order valence-corrected chi connectivity index (χ3v) is 13.1. The molecule has 0 N–H and O–H groups in total. The van der Waals surface area contributed by atoms with Gasteiger partial charge in [0.1, 0.15) is 0 Å². The molecule has 71 heavy (non-hydrogen) atoms. The molecule has 4 heterocycles. The van der Waals surface area contributed by atoms with Crippen molar-refractivity contribution in [3.8, 4) is 50.6 Å². The second-order valence-corrected chi connectivity index (χ2v) is 19.8. The summed E-state index contributed by atoms with van der Waals surface area (Å²) < 4.78 is 101. The van der Waals surface area contributed by atoms with Crippen molar-refractivity contribution >= 4 is 43.8 Å². The molecule has 12 aromatic rings. The molecule has 0 radical (unpaired) electrons. The Morgan fingerprint density at radius 1 is 0.606 bits per heavy atom. The van der Waals surface area contributed by atoms with Gasteiger partial charge >= 0.3 is 0 Å². The summed E-state index contributed by atoms with van der Waals surface area (Å²) in [6.45, 7) is 12.3. The summed E-state index contributed by atoms with van der Waals surface area (Å²) >= 11 is 0. The molecule has 0 spiro atoms. The molecule has 0 saturated carbocycles. The Labute approximate surface area is 444 Å². The quantitative estimate of drug-likeness (QED) is 0.112. The average Bonchev–Trinajstić information content (AvgIpc) is 4.32. The van der Waals surface area contributed by atoms with Crippen molar-refractivity contribution < 1.29 is 43.8 Å². The molecule has 0 aliphatic heterocycles. The van der Waals surface area contributed by atoms with Crippen LogP contribution in [-0.4, -0.2) is 14.1 Å². The van der Waals surface area contributed by atoms with E-state index < -0.39 is 47.1 Å². The van der Waals surface area contributed by atoms with Crippen molar-refractivity contribution in [2.24, 2.45) is 0 Å². The molecule has 0 amide bonds. The number of imidazole rings is 1. The van der Waals surface area contributed by atoms with Crippen LogP contribution < -0.4 is 4.57 Å². The maximum absolute atomic E-state index is 9.47. The van der Waals surface area contributed by atoms with Crippen molar-refractivity contribution in [3.05, 3.63) is 235 Å². The van der Waals surface area contributed by atoms with Crippen molar-refractivity contribution in [3.63, 3.8) is 0 Å². The molecule has 0 bridgehead atoms. The summed E-state index contributed by atoms with van der Waals surface area (Å²) in [7, 11) is 0. The molecule has 8 aromatic carbocycles. The zero-order chi connectivity index (χ0) is 56.4. The van der Waals surface area contributed by atoms with E-state index in [0.717, 1.165) is 55.0 Å². The SMILES string of the molecule is [2H]c1c([2H])c([2H])c(-c2cc(-c3cc(C(C)(C)C)cc(-c4c([2H])c([2H])c([2H])c([2H])c4[2H])c3-[n+]3[c-]n(-c4[c-]c(Cc5[c-]c6c(cc5)c5ccccc5n6-c5nccc6ccoc56)ccc4)c4ccccc43)cc(C(C)(C)C)c2)c([2H])c1[2H].[Pt]. The standard InChI is InChI=1S/C65H52N4O.Pt/c1-64(2,3)50-38-48(45-19-9-7-10-20-45)37-49(39-50)56-41-51(65(4,5)6)40-55(46-21-11-8-12-22-46)61(56)68-42-67(58-26-15-16-27-59(58)68)52-23-17-18-43(35-52)34-44-28-29-54-53-24-13-14-25-57(53)69(60(54)36-44)63-62-47(30-32-66-63)31-33-70-62;/h7-33,37-41H,34H2,1-6H3;/q-2;/i7D,8D,9D,10D,11D,12D,19D,20D,21D,22D;. The van der Waals surface area contributed by atoms with Crippen LogP contribution in [0.2, 0.25) is 0 Å². The summed E-state index contributed by atoms with van der Waals surface area (Å²) in [5.41, 5.74) is 9.32. The third-order valence-electron chi connectivity index (χ3n) is 13.1. The van der Waals surface area contributed by atoms with E-state index in [1.807, 2.05) is 148 Å². The second kappa shape index (κ2) is 18.0. The van der Waals surface area contributed by atoms with E-state index in [-0.39, 0.29) is 56.4 Å². The number of aromatic nitrogens is 4. The van der Waals surface area contributed by atoms with E-state index in [9.17, 15) is 2.74 Å². The van der Waals surface area contributed by atoms with Crippen LogP contribution in [0.3, 0.4) is 0 Å². The summed E-state index contributed by atoms with van der Waals surface area (Å²) in [5, 5.41) is 3.03. The minimum atomic E-state index is -0.548. The van der Waals surface area contributed by atoms with Gasteiger partial charge in [0.25, 0.3) is 6.33 Å². The molecule has 0 aliphatic carbocycles. The number of benzene rings is 8. The van der Waals surface area contributed by atoms with E-state index in [0.29, 0.717) is 57.0 Å². The van der Waals surface area contributed by atoms with Gasteiger partial charge in [-0.25, -0.2) is 4.98 Å². The van der Waals surface area contributed by atoms with Crippen molar-refractivity contribution in [1.82, 2.24) is 14.1 Å². The number of rotatable bonds is 8. The minimum Gasteiger partial charge on any atom is -0.460 e. The van der Waals surface area contributed by atoms with Gasteiger partial charge in [0.2, 0.25) is 0 Å². The topological polar surface area (TPSA) is 39.8 Å². The molecule has 0 fully saturated rings. The first-order chi connectivity index (χ1) is 38.1. The molecule has 12 rings (SSSR count). The summed E-state index contributed by atoms with van der Waals surface area (Å²) in [6, 6.07) is 42.8. The minimum absolute atomic E-state index is 0. The van der Waals surface area contributed by atoms with Gasteiger partial charge in [0, 0.05) is 38.2 Å². The van der Waals surface area contributed by atoms with Crippen LogP contribution >= 0.6 is 0 Å². The maximum Gasteiger partial charge on any atom is 0.268 e. The number of fused-ring (bicyclic) bond motifs is 5. The van der Waals surface area contributed by atoms with Crippen LogP contribution in [0.1, 0.15) is 77.5 Å². The molecule has 0 atom stereocenters. The van der Waals surface area contributed by atoms with E-state index in [2.05, 4.69) is 47.3 Å². The zero-order valence-electron chi connectivity index (χ0n) is 49.9. The van der Waals surface area contributed by atoms with Gasteiger partial charge in [-0.05, 0) is 97.1 Å². The largest absolute Gasteiger partial charge is 0.460 e. The van der Waals surface area contributed by atoms with Crippen LogP contribution in [-0.2, 0) is 38.3 Å². The Morgan fingerprint density at radius 3 is 2.03 bits per heavy atom. The molecule has 4 aromatic heterocycles. The Morgan fingerprint density at radius 2 is 1.27 bits per heavy atom. The first-order valence-electron chi connectivity index (χ1n) is 28.3. The summed E-state index contributed by atoms with van der Waals surface area (Å²) in [4.78, 5) is 4.81. The van der Waals surface area contributed by atoms with E-state index >= 15 is 0 Å². The Bertz CT molecular complexity index is 4510. The molecule has 6 heteroatoms. The molecule has 0 unspecified atom stereocenters. The molecule has 0 saturated heterocycles. The molecule has 5 nitrogen and oxygen atoms in total. The second-order valence-electron chi connectivity index (χ2n) is 19.8.